The van der Waals surface area contributed by atoms with E-state index in [9.17, 15) is 4.79 Å². The van der Waals surface area contributed by atoms with Crippen LogP contribution in [0.3, 0.4) is 0 Å². The van der Waals surface area contributed by atoms with Crippen molar-refractivity contribution in [2.45, 2.75) is 46.5 Å². The summed E-state index contributed by atoms with van der Waals surface area (Å²) in [6.45, 7) is 6.58. The minimum absolute atomic E-state index is 0.0966. The number of nitrogens with one attached hydrogen (secondary N) is 2. The first-order valence-corrected chi connectivity index (χ1v) is 7.70. The number of hydrazone groups is 1. The van der Waals surface area contributed by atoms with Crippen LogP contribution in [-0.2, 0) is 4.79 Å². The molecule has 0 bridgehead atoms. The van der Waals surface area contributed by atoms with E-state index in [0.29, 0.717) is 5.92 Å². The van der Waals surface area contributed by atoms with Crippen LogP contribution in [0, 0.1) is 19.8 Å². The van der Waals surface area contributed by atoms with Gasteiger partial charge in [-0.1, -0.05) is 24.6 Å². The summed E-state index contributed by atoms with van der Waals surface area (Å²) >= 11 is 0. The van der Waals surface area contributed by atoms with Gasteiger partial charge in [-0.05, 0) is 57.1 Å². The van der Waals surface area contributed by atoms with Crippen LogP contribution in [-0.4, -0.2) is 18.2 Å². The molecule has 0 radical (unpaired) electrons. The lowest BCUT2D eigenvalue weighted by Crippen LogP contribution is -2.28. The molecule has 1 aromatic carbocycles. The van der Waals surface area contributed by atoms with Crippen LogP contribution < -0.4 is 10.7 Å². The van der Waals surface area contributed by atoms with Gasteiger partial charge in [-0.2, -0.15) is 5.10 Å². The SMILES string of the molecule is Cc1ccc(NCC(=O)NN=C2CCCC(C)C2)c(C)c1. The number of carbonyl (C=O) groups is 1. The van der Waals surface area contributed by atoms with Crippen molar-refractivity contribution in [3.8, 4) is 0 Å². The summed E-state index contributed by atoms with van der Waals surface area (Å²) in [5.74, 6) is 0.587. The molecule has 1 fully saturated rings. The minimum atomic E-state index is -0.0966. The summed E-state index contributed by atoms with van der Waals surface area (Å²) in [5, 5.41) is 7.41. The smallest absolute Gasteiger partial charge is 0.259 e. The van der Waals surface area contributed by atoms with E-state index in [-0.39, 0.29) is 12.5 Å². The average molecular weight is 287 g/mol. The molecule has 1 aromatic rings. The van der Waals surface area contributed by atoms with Gasteiger partial charge in [0.15, 0.2) is 0 Å². The Morgan fingerprint density at radius 2 is 2.19 bits per heavy atom. The normalized spacial score (nSPS) is 20.3. The predicted octanol–water partition coefficient (Wildman–Crippen LogP) is 3.40. The van der Waals surface area contributed by atoms with Crippen LogP contribution in [0.5, 0.6) is 0 Å². The number of nitrogens with zero attached hydrogens (tertiary/aromatic N) is 1. The standard InChI is InChI=1S/C17H25N3O/c1-12-5-4-6-15(10-12)19-20-17(21)11-18-16-8-7-13(2)9-14(16)3/h7-9,12,18H,4-6,10-11H2,1-3H3,(H,20,21). The average Bonchev–Trinajstić information content (AvgIpc) is 2.44. The lowest BCUT2D eigenvalue weighted by molar-refractivity contribution is -0.119. The summed E-state index contributed by atoms with van der Waals surface area (Å²) in [4.78, 5) is 11.8. The van der Waals surface area contributed by atoms with E-state index in [0.717, 1.165) is 29.8 Å². The van der Waals surface area contributed by atoms with Crippen LogP contribution in [0.1, 0.15) is 43.7 Å². The first kappa shape index (κ1) is 15.5. The van der Waals surface area contributed by atoms with Crippen molar-refractivity contribution in [1.29, 1.82) is 0 Å². The Morgan fingerprint density at radius 1 is 1.38 bits per heavy atom. The quantitative estimate of drug-likeness (QED) is 0.834. The summed E-state index contributed by atoms with van der Waals surface area (Å²) < 4.78 is 0. The van der Waals surface area contributed by atoms with Crippen LogP contribution >= 0.6 is 0 Å². The van der Waals surface area contributed by atoms with Gasteiger partial charge in [0.05, 0.1) is 6.54 Å². The first-order chi connectivity index (χ1) is 10.0. The zero-order valence-corrected chi connectivity index (χ0v) is 13.2. The van der Waals surface area contributed by atoms with E-state index in [2.05, 4.69) is 35.8 Å². The van der Waals surface area contributed by atoms with E-state index in [1.807, 2.05) is 19.1 Å². The molecule has 1 aliphatic rings. The van der Waals surface area contributed by atoms with Gasteiger partial charge in [0.2, 0.25) is 0 Å². The topological polar surface area (TPSA) is 53.5 Å². The van der Waals surface area contributed by atoms with Gasteiger partial charge in [-0.3, -0.25) is 4.79 Å². The summed E-state index contributed by atoms with van der Waals surface area (Å²) in [7, 11) is 0. The molecule has 1 unspecified atom stereocenters. The van der Waals surface area contributed by atoms with Gasteiger partial charge >= 0.3 is 0 Å². The molecule has 1 saturated carbocycles. The fourth-order valence-electron chi connectivity index (χ4n) is 2.73. The molecule has 1 amide bonds. The summed E-state index contributed by atoms with van der Waals surface area (Å²) in [6, 6.07) is 6.15. The maximum absolute atomic E-state index is 11.8. The molecule has 4 heteroatoms. The first-order valence-electron chi connectivity index (χ1n) is 7.70. The van der Waals surface area contributed by atoms with Crippen molar-refractivity contribution < 1.29 is 4.79 Å². The maximum Gasteiger partial charge on any atom is 0.259 e. The van der Waals surface area contributed by atoms with Gasteiger partial charge in [-0.15, -0.1) is 0 Å². The third kappa shape index (κ3) is 4.88. The Hall–Kier alpha value is -1.84. The van der Waals surface area contributed by atoms with Crippen LogP contribution in [0.4, 0.5) is 5.69 Å². The van der Waals surface area contributed by atoms with E-state index in [4.69, 9.17) is 0 Å². The molecule has 0 aromatic heterocycles. The highest BCUT2D eigenvalue weighted by Crippen LogP contribution is 2.21. The lowest BCUT2D eigenvalue weighted by atomic mass is 9.89. The largest absolute Gasteiger partial charge is 0.376 e. The van der Waals surface area contributed by atoms with Gasteiger partial charge in [0.25, 0.3) is 5.91 Å². The number of aryl methyl sites for hydroxylation is 2. The molecule has 114 valence electrons. The second kappa shape index (κ2) is 7.25. The fraction of sp³-hybridized carbons (Fsp3) is 0.529. The second-order valence-electron chi connectivity index (χ2n) is 6.09. The second-order valence-corrected chi connectivity index (χ2v) is 6.09. The molecule has 1 aliphatic carbocycles. The Kier molecular flexibility index (Phi) is 5.37. The minimum Gasteiger partial charge on any atom is -0.376 e. The molecule has 0 aliphatic heterocycles. The lowest BCUT2D eigenvalue weighted by Gasteiger charge is -2.19. The Balaban J connectivity index is 1.80. The monoisotopic (exact) mass is 287 g/mol. The Labute approximate surface area is 127 Å². The van der Waals surface area contributed by atoms with Crippen LogP contribution in [0.2, 0.25) is 0 Å². The molecule has 2 N–H and O–H groups in total. The van der Waals surface area contributed by atoms with Crippen molar-refractivity contribution in [2.24, 2.45) is 11.0 Å². The third-order valence-corrected chi connectivity index (χ3v) is 3.91. The highest BCUT2D eigenvalue weighted by molar-refractivity contribution is 5.88. The summed E-state index contributed by atoms with van der Waals surface area (Å²) in [5.41, 5.74) is 7.15. The summed E-state index contributed by atoms with van der Waals surface area (Å²) in [6.07, 6.45) is 4.46. The number of benzene rings is 1. The maximum atomic E-state index is 11.8. The molecular weight excluding hydrogens is 262 g/mol. The number of amides is 1. The highest BCUT2D eigenvalue weighted by atomic mass is 16.2. The molecule has 4 nitrogen and oxygen atoms in total. The molecule has 21 heavy (non-hydrogen) atoms. The van der Waals surface area contributed by atoms with Crippen molar-refractivity contribution in [1.82, 2.24) is 5.43 Å². The number of hydrogen-bond acceptors (Lipinski definition) is 3. The van der Waals surface area contributed by atoms with Crippen molar-refractivity contribution in [2.75, 3.05) is 11.9 Å². The number of rotatable bonds is 4. The van der Waals surface area contributed by atoms with Gasteiger partial charge < -0.3 is 5.32 Å². The molecule has 2 rings (SSSR count). The number of carbonyl (C=O) groups excluding carboxylic acids is 1. The van der Waals surface area contributed by atoms with E-state index >= 15 is 0 Å². The number of hydrogen-bond donors (Lipinski definition) is 2. The number of anilines is 1. The fourth-order valence-corrected chi connectivity index (χ4v) is 2.73. The zero-order chi connectivity index (χ0) is 15.2. The molecule has 0 saturated heterocycles. The highest BCUT2D eigenvalue weighted by Gasteiger charge is 2.14. The molecular formula is C17H25N3O. The van der Waals surface area contributed by atoms with E-state index in [1.54, 1.807) is 0 Å². The Bertz CT molecular complexity index is 537. The zero-order valence-electron chi connectivity index (χ0n) is 13.2. The third-order valence-electron chi connectivity index (χ3n) is 3.91. The van der Waals surface area contributed by atoms with Gasteiger partial charge in [0.1, 0.15) is 0 Å². The molecule has 0 heterocycles. The molecule has 1 atom stereocenters. The van der Waals surface area contributed by atoms with Gasteiger partial charge in [-0.25, -0.2) is 5.43 Å². The van der Waals surface area contributed by atoms with Crippen molar-refractivity contribution >= 4 is 17.3 Å². The van der Waals surface area contributed by atoms with Crippen molar-refractivity contribution in [3.63, 3.8) is 0 Å². The Morgan fingerprint density at radius 3 is 2.90 bits per heavy atom. The van der Waals surface area contributed by atoms with Crippen LogP contribution in [0.15, 0.2) is 23.3 Å². The van der Waals surface area contributed by atoms with Gasteiger partial charge in [0, 0.05) is 11.4 Å². The predicted molar refractivity (Wildman–Crippen MR) is 87.6 cm³/mol. The van der Waals surface area contributed by atoms with Crippen molar-refractivity contribution in [3.05, 3.63) is 29.3 Å². The van der Waals surface area contributed by atoms with E-state index in [1.165, 1.54) is 18.4 Å². The van der Waals surface area contributed by atoms with Crippen LogP contribution in [0.25, 0.3) is 0 Å². The molecule has 0 spiro atoms. The van der Waals surface area contributed by atoms with E-state index < -0.39 is 0 Å².